The van der Waals surface area contributed by atoms with Crippen LogP contribution in [0.25, 0.3) is 11.0 Å². The van der Waals surface area contributed by atoms with E-state index in [9.17, 15) is 4.79 Å². The Morgan fingerprint density at radius 1 is 1.12 bits per heavy atom. The number of rotatable bonds is 5. The first-order valence-electron chi connectivity index (χ1n) is 9.01. The largest absolute Gasteiger partial charge is 0.423 e. The molecular weight excluding hydrogens is 346 g/mol. The van der Waals surface area contributed by atoms with Crippen LogP contribution in [0.5, 0.6) is 0 Å². The molecule has 4 heteroatoms. The molecule has 3 aromatic rings. The smallest absolute Gasteiger partial charge is 0.336 e. The zero-order chi connectivity index (χ0) is 18.8. The molecule has 0 bridgehead atoms. The molecule has 2 N–H and O–H groups in total. The number of nitrogens with two attached hydrogens (primary N) is 1. The lowest BCUT2D eigenvalue weighted by atomic mass is 9.95. The highest BCUT2D eigenvalue weighted by molar-refractivity contribution is 6.30. The van der Waals surface area contributed by atoms with E-state index in [0.29, 0.717) is 18.0 Å². The number of hydrogen-bond donors (Lipinski definition) is 1. The van der Waals surface area contributed by atoms with Crippen molar-refractivity contribution < 1.29 is 9.73 Å². The summed E-state index contributed by atoms with van der Waals surface area (Å²) in [5.41, 5.74) is 4.99. The average molecular weight is 371 g/mol. The summed E-state index contributed by atoms with van der Waals surface area (Å²) in [5, 5.41) is 3.98. The molecule has 136 valence electrons. The molecule has 0 aliphatic rings. The van der Waals surface area contributed by atoms with E-state index >= 15 is 0 Å². The van der Waals surface area contributed by atoms with Gasteiger partial charge in [0.15, 0.2) is 0 Å². The van der Waals surface area contributed by atoms with Crippen molar-refractivity contribution in [2.75, 3.05) is 0 Å². The van der Waals surface area contributed by atoms with Crippen molar-refractivity contribution >= 4 is 22.6 Å². The maximum Gasteiger partial charge on any atom is 0.336 e. The van der Waals surface area contributed by atoms with Crippen molar-refractivity contribution in [1.82, 2.24) is 0 Å². The van der Waals surface area contributed by atoms with Gasteiger partial charge in [0.2, 0.25) is 0 Å². The lowest BCUT2D eigenvalue weighted by molar-refractivity contribution is -0.707. The molecule has 2 aromatic carbocycles. The summed E-state index contributed by atoms with van der Waals surface area (Å²) in [6, 6.07) is 13.9. The van der Waals surface area contributed by atoms with Gasteiger partial charge in [-0.3, -0.25) is 0 Å². The molecular formula is C22H25ClNO2+. The molecule has 0 spiro atoms. The number of benzene rings is 2. The van der Waals surface area contributed by atoms with Gasteiger partial charge in [-0.1, -0.05) is 37.6 Å². The average Bonchev–Trinajstić information content (AvgIpc) is 2.58. The third-order valence-corrected chi connectivity index (χ3v) is 5.14. The summed E-state index contributed by atoms with van der Waals surface area (Å²) >= 11 is 6.10. The van der Waals surface area contributed by atoms with E-state index in [4.69, 9.17) is 16.0 Å². The number of fused-ring (bicyclic) bond motifs is 1. The summed E-state index contributed by atoms with van der Waals surface area (Å²) in [6.45, 7) is 9.27. The van der Waals surface area contributed by atoms with Gasteiger partial charge >= 0.3 is 5.63 Å². The predicted molar refractivity (Wildman–Crippen MR) is 107 cm³/mol. The van der Waals surface area contributed by atoms with Crippen LogP contribution in [0.3, 0.4) is 0 Å². The van der Waals surface area contributed by atoms with Crippen LogP contribution in [0.1, 0.15) is 55.0 Å². The Balaban J connectivity index is 1.94. The van der Waals surface area contributed by atoms with Gasteiger partial charge in [-0.15, -0.1) is 0 Å². The number of halogens is 1. The minimum Gasteiger partial charge on any atom is -0.423 e. The molecule has 1 aromatic heterocycles. The van der Waals surface area contributed by atoms with Crippen molar-refractivity contribution in [3.05, 3.63) is 80.2 Å². The third kappa shape index (κ3) is 4.00. The Labute approximate surface area is 159 Å². The normalized spacial score (nSPS) is 12.7. The standard InChI is InChI=1S/C22H24ClNO2/c1-13(2)19-11-20-17(10-22(25)26-21(20)8-14(19)3)12-24-15(4)16-6-5-7-18(23)9-16/h5-11,13,15,24H,12H2,1-4H3/p+1/t15-/m1/s1. The van der Waals surface area contributed by atoms with Gasteiger partial charge < -0.3 is 9.73 Å². The van der Waals surface area contributed by atoms with E-state index in [0.717, 1.165) is 21.5 Å². The highest BCUT2D eigenvalue weighted by Gasteiger charge is 2.14. The second kappa shape index (κ2) is 7.65. The van der Waals surface area contributed by atoms with Gasteiger partial charge in [0.1, 0.15) is 18.2 Å². The Morgan fingerprint density at radius 2 is 1.88 bits per heavy atom. The molecule has 0 radical (unpaired) electrons. The van der Waals surface area contributed by atoms with E-state index in [1.165, 1.54) is 11.1 Å². The first-order valence-corrected chi connectivity index (χ1v) is 9.39. The number of quaternary nitrogens is 1. The minimum atomic E-state index is -0.298. The maximum absolute atomic E-state index is 12.0. The van der Waals surface area contributed by atoms with Crippen LogP contribution in [0.2, 0.25) is 5.02 Å². The molecule has 0 saturated heterocycles. The van der Waals surface area contributed by atoms with Crippen LogP contribution in [0.15, 0.2) is 51.7 Å². The zero-order valence-electron chi connectivity index (χ0n) is 15.7. The fourth-order valence-corrected chi connectivity index (χ4v) is 3.61. The Kier molecular flexibility index (Phi) is 5.49. The summed E-state index contributed by atoms with van der Waals surface area (Å²) in [7, 11) is 0. The highest BCUT2D eigenvalue weighted by Crippen LogP contribution is 2.26. The van der Waals surface area contributed by atoms with Crippen molar-refractivity contribution in [3.63, 3.8) is 0 Å². The van der Waals surface area contributed by atoms with Gasteiger partial charge in [-0.25, -0.2) is 4.79 Å². The molecule has 0 aliphatic heterocycles. The lowest BCUT2D eigenvalue weighted by Crippen LogP contribution is -2.83. The minimum absolute atomic E-state index is 0.242. The summed E-state index contributed by atoms with van der Waals surface area (Å²) in [5.74, 6) is 0.425. The Hall–Kier alpha value is -2.10. The van der Waals surface area contributed by atoms with E-state index in [2.05, 4.69) is 45.1 Å². The van der Waals surface area contributed by atoms with Gasteiger partial charge in [0, 0.05) is 27.6 Å². The third-order valence-electron chi connectivity index (χ3n) is 4.90. The van der Waals surface area contributed by atoms with Crippen LogP contribution >= 0.6 is 11.6 Å². The number of hydrogen-bond acceptors (Lipinski definition) is 2. The molecule has 1 atom stereocenters. The number of aryl methyl sites for hydroxylation is 1. The summed E-state index contributed by atoms with van der Waals surface area (Å²) < 4.78 is 5.44. The van der Waals surface area contributed by atoms with Crippen molar-refractivity contribution in [1.29, 1.82) is 0 Å². The first-order chi connectivity index (χ1) is 12.3. The fourth-order valence-electron chi connectivity index (χ4n) is 3.41. The van der Waals surface area contributed by atoms with E-state index in [1.54, 1.807) is 6.07 Å². The molecule has 0 saturated carbocycles. The Morgan fingerprint density at radius 3 is 2.58 bits per heavy atom. The van der Waals surface area contributed by atoms with E-state index < -0.39 is 0 Å². The summed E-state index contributed by atoms with van der Waals surface area (Å²) in [6.07, 6.45) is 0. The molecule has 1 heterocycles. The van der Waals surface area contributed by atoms with Crippen LogP contribution < -0.4 is 10.9 Å². The monoisotopic (exact) mass is 370 g/mol. The molecule has 3 rings (SSSR count). The van der Waals surface area contributed by atoms with Gasteiger partial charge in [-0.05, 0) is 55.2 Å². The first kappa shape index (κ1) is 18.7. The predicted octanol–water partition coefficient (Wildman–Crippen LogP) is 4.70. The second-order valence-electron chi connectivity index (χ2n) is 7.23. The van der Waals surface area contributed by atoms with Crippen LogP contribution in [0, 0.1) is 6.92 Å². The topological polar surface area (TPSA) is 46.8 Å². The maximum atomic E-state index is 12.0. The Bertz CT molecular complexity index is 991. The molecule has 26 heavy (non-hydrogen) atoms. The van der Waals surface area contributed by atoms with E-state index in [-0.39, 0.29) is 11.7 Å². The quantitative estimate of drug-likeness (QED) is 0.661. The summed E-state index contributed by atoms with van der Waals surface area (Å²) in [4.78, 5) is 12.0. The molecule has 0 amide bonds. The SMILES string of the molecule is Cc1cc2oc(=O)cc(C[NH2+][C@H](C)c3cccc(Cl)c3)c2cc1C(C)C. The van der Waals surface area contributed by atoms with Crippen LogP contribution in [-0.2, 0) is 6.54 Å². The molecule has 0 unspecified atom stereocenters. The lowest BCUT2D eigenvalue weighted by Gasteiger charge is -2.14. The van der Waals surface area contributed by atoms with Gasteiger partial charge in [0.25, 0.3) is 0 Å². The second-order valence-corrected chi connectivity index (χ2v) is 7.67. The van der Waals surface area contributed by atoms with Crippen LogP contribution in [0.4, 0.5) is 0 Å². The molecule has 3 nitrogen and oxygen atoms in total. The van der Waals surface area contributed by atoms with Crippen molar-refractivity contribution in [2.24, 2.45) is 0 Å². The van der Waals surface area contributed by atoms with Gasteiger partial charge in [0.05, 0.1) is 0 Å². The molecule has 0 aliphatic carbocycles. The van der Waals surface area contributed by atoms with E-state index in [1.807, 2.05) is 24.3 Å². The molecule has 0 fully saturated rings. The zero-order valence-corrected chi connectivity index (χ0v) is 16.4. The van der Waals surface area contributed by atoms with Gasteiger partial charge in [-0.2, -0.15) is 0 Å². The van der Waals surface area contributed by atoms with Crippen molar-refractivity contribution in [2.45, 2.75) is 46.2 Å². The van der Waals surface area contributed by atoms with Crippen molar-refractivity contribution in [3.8, 4) is 0 Å². The highest BCUT2D eigenvalue weighted by atomic mass is 35.5. The van der Waals surface area contributed by atoms with Crippen LogP contribution in [-0.4, -0.2) is 0 Å². The fraction of sp³-hybridized carbons (Fsp3) is 0.318.